The predicted molar refractivity (Wildman–Crippen MR) is 77.6 cm³/mol. The van der Waals surface area contributed by atoms with Gasteiger partial charge in [0.2, 0.25) is 0 Å². The lowest BCUT2D eigenvalue weighted by molar-refractivity contribution is 0.350. The Labute approximate surface area is 123 Å². The third kappa shape index (κ3) is 3.92. The van der Waals surface area contributed by atoms with E-state index in [1.807, 2.05) is 0 Å². The van der Waals surface area contributed by atoms with Gasteiger partial charge in [0, 0.05) is 19.2 Å². The van der Waals surface area contributed by atoms with Gasteiger partial charge in [-0.15, -0.1) is 0 Å². The van der Waals surface area contributed by atoms with Gasteiger partial charge in [-0.2, -0.15) is 5.10 Å². The fraction of sp³-hybridized carbons (Fsp3) is 0.214. The highest BCUT2D eigenvalue weighted by atomic mass is 32.2. The van der Waals surface area contributed by atoms with Crippen molar-refractivity contribution in [1.82, 2.24) is 14.5 Å². The number of nitrogens with zero attached hydrogens (tertiary/aromatic N) is 2. The third-order valence-electron chi connectivity index (χ3n) is 2.78. The van der Waals surface area contributed by atoms with Crippen molar-refractivity contribution in [3.63, 3.8) is 0 Å². The Hall–Kier alpha value is -2.14. The maximum atomic E-state index is 12.1. The summed E-state index contributed by atoms with van der Waals surface area (Å²) < 4.78 is 28.0. The fourth-order valence-electron chi connectivity index (χ4n) is 1.73. The molecule has 0 atom stereocenters. The molecule has 0 aliphatic carbocycles. The first-order chi connectivity index (χ1) is 10.0. The zero-order valence-corrected chi connectivity index (χ0v) is 12.3. The summed E-state index contributed by atoms with van der Waals surface area (Å²) in [4.78, 5) is 0. The van der Waals surface area contributed by atoms with Gasteiger partial charge in [0.25, 0.3) is 10.0 Å². The highest BCUT2D eigenvalue weighted by molar-refractivity contribution is 7.89. The third-order valence-corrected chi connectivity index (χ3v) is 4.26. The van der Waals surface area contributed by atoms with E-state index in [1.54, 1.807) is 31.3 Å². The van der Waals surface area contributed by atoms with Crippen LogP contribution in [-0.2, 0) is 23.6 Å². The molecule has 0 saturated carbocycles. The van der Waals surface area contributed by atoms with Gasteiger partial charge >= 0.3 is 0 Å². The number of rotatable bonds is 4. The number of hydrogen-bond donors (Lipinski definition) is 2. The first kappa shape index (κ1) is 15.3. The largest absolute Gasteiger partial charge is 0.384 e. The van der Waals surface area contributed by atoms with E-state index in [1.165, 1.54) is 16.9 Å². The van der Waals surface area contributed by atoms with Crippen LogP contribution in [-0.4, -0.2) is 29.9 Å². The molecule has 0 radical (unpaired) electrons. The summed E-state index contributed by atoms with van der Waals surface area (Å²) in [6.07, 6.45) is 1.43. The highest BCUT2D eigenvalue weighted by Gasteiger charge is 2.17. The van der Waals surface area contributed by atoms with Crippen LogP contribution in [0.2, 0.25) is 0 Å². The minimum atomic E-state index is -3.58. The lowest BCUT2D eigenvalue weighted by Crippen LogP contribution is -2.25. The average molecular weight is 305 g/mol. The van der Waals surface area contributed by atoms with E-state index in [2.05, 4.69) is 21.7 Å². The molecule has 2 aromatic rings. The van der Waals surface area contributed by atoms with Gasteiger partial charge in [0.05, 0.1) is 6.20 Å². The van der Waals surface area contributed by atoms with E-state index in [-0.39, 0.29) is 18.2 Å². The van der Waals surface area contributed by atoms with Crippen molar-refractivity contribution >= 4 is 10.0 Å². The Balaban J connectivity index is 2.05. The summed E-state index contributed by atoms with van der Waals surface area (Å²) in [6.45, 7) is -0.00648. The van der Waals surface area contributed by atoms with E-state index in [4.69, 9.17) is 5.11 Å². The second-order valence-corrected chi connectivity index (χ2v) is 5.99. The first-order valence-electron chi connectivity index (χ1n) is 6.19. The van der Waals surface area contributed by atoms with Gasteiger partial charge in [-0.25, -0.2) is 13.1 Å². The molecule has 21 heavy (non-hydrogen) atoms. The Kier molecular flexibility index (Phi) is 4.75. The van der Waals surface area contributed by atoms with Crippen LogP contribution in [0.1, 0.15) is 11.1 Å². The molecule has 0 aliphatic rings. The molecule has 0 fully saturated rings. The molecule has 0 amide bonds. The van der Waals surface area contributed by atoms with Crippen LogP contribution in [0.5, 0.6) is 0 Å². The van der Waals surface area contributed by atoms with Crippen LogP contribution in [0.25, 0.3) is 0 Å². The topological polar surface area (TPSA) is 84.2 Å². The molecule has 0 unspecified atom stereocenters. The molecule has 2 N–H and O–H groups in total. The molecule has 6 nitrogen and oxygen atoms in total. The summed E-state index contributed by atoms with van der Waals surface area (Å²) in [6, 6.07) is 8.56. The normalized spacial score (nSPS) is 11.0. The smallest absolute Gasteiger partial charge is 0.258 e. The summed E-state index contributed by atoms with van der Waals surface area (Å²) in [7, 11) is -2.01. The van der Waals surface area contributed by atoms with E-state index >= 15 is 0 Å². The van der Waals surface area contributed by atoms with Crippen LogP contribution in [0.15, 0.2) is 41.6 Å². The number of sulfonamides is 1. The molecule has 2 rings (SSSR count). The van der Waals surface area contributed by atoms with Gasteiger partial charge in [0.15, 0.2) is 5.03 Å². The van der Waals surface area contributed by atoms with Gasteiger partial charge in [-0.3, -0.25) is 4.68 Å². The van der Waals surface area contributed by atoms with Crippen molar-refractivity contribution in [1.29, 1.82) is 0 Å². The average Bonchev–Trinajstić information content (AvgIpc) is 2.91. The van der Waals surface area contributed by atoms with Crippen LogP contribution in [0.3, 0.4) is 0 Å². The van der Waals surface area contributed by atoms with E-state index in [9.17, 15) is 8.42 Å². The molecule has 1 aromatic carbocycles. The number of nitrogens with one attached hydrogen (secondary N) is 1. The van der Waals surface area contributed by atoms with Crippen LogP contribution >= 0.6 is 0 Å². The maximum absolute atomic E-state index is 12.1. The number of benzene rings is 1. The molecule has 0 bridgehead atoms. The molecule has 0 saturated heterocycles. The van der Waals surface area contributed by atoms with Crippen LogP contribution in [0.4, 0.5) is 0 Å². The SMILES string of the molecule is Cn1nccc1S(=O)(=O)NCc1ccc(C#CCO)cc1. The molecule has 0 aliphatic heterocycles. The minimum Gasteiger partial charge on any atom is -0.384 e. The Bertz CT molecular complexity index is 768. The van der Waals surface area contributed by atoms with Gasteiger partial charge in [-0.1, -0.05) is 24.0 Å². The zero-order chi connectivity index (χ0) is 15.3. The Morgan fingerprint density at radius 2 is 2.00 bits per heavy atom. The second-order valence-electron chi connectivity index (χ2n) is 4.27. The summed E-state index contributed by atoms with van der Waals surface area (Å²) >= 11 is 0. The quantitative estimate of drug-likeness (QED) is 0.793. The van der Waals surface area contributed by atoms with E-state index in [0.29, 0.717) is 0 Å². The van der Waals surface area contributed by atoms with Gasteiger partial charge < -0.3 is 5.11 Å². The fourth-order valence-corrected chi connectivity index (χ4v) is 2.86. The molecule has 0 spiro atoms. The molecular formula is C14H15N3O3S. The van der Waals surface area contributed by atoms with Crippen molar-refractivity contribution < 1.29 is 13.5 Å². The van der Waals surface area contributed by atoms with Crippen molar-refractivity contribution in [2.75, 3.05) is 6.61 Å². The van der Waals surface area contributed by atoms with Crippen molar-refractivity contribution in [3.8, 4) is 11.8 Å². The summed E-state index contributed by atoms with van der Waals surface area (Å²) in [5, 5.41) is 12.6. The number of aliphatic hydroxyl groups excluding tert-OH is 1. The van der Waals surface area contributed by atoms with E-state index < -0.39 is 10.0 Å². The van der Waals surface area contributed by atoms with E-state index in [0.717, 1.165) is 11.1 Å². The van der Waals surface area contributed by atoms with Gasteiger partial charge in [-0.05, 0) is 23.8 Å². The van der Waals surface area contributed by atoms with Crippen molar-refractivity contribution in [2.45, 2.75) is 11.6 Å². The first-order valence-corrected chi connectivity index (χ1v) is 7.67. The number of hydrogen-bond acceptors (Lipinski definition) is 4. The number of aromatic nitrogens is 2. The highest BCUT2D eigenvalue weighted by Crippen LogP contribution is 2.08. The predicted octanol–water partition coefficient (Wildman–Crippen LogP) is 0.242. The number of aryl methyl sites for hydroxylation is 1. The molecular weight excluding hydrogens is 290 g/mol. The second kappa shape index (κ2) is 6.54. The maximum Gasteiger partial charge on any atom is 0.258 e. The standard InChI is InChI=1S/C14H15N3O3S/c1-17-14(8-9-15-17)21(19,20)16-11-13-6-4-12(5-7-13)3-2-10-18/h4-9,16,18H,10-11H2,1H3. The van der Waals surface area contributed by atoms with Gasteiger partial charge in [0.1, 0.15) is 6.61 Å². The Morgan fingerprint density at radius 1 is 1.29 bits per heavy atom. The lowest BCUT2D eigenvalue weighted by atomic mass is 10.1. The van der Waals surface area contributed by atoms with Crippen LogP contribution < -0.4 is 4.72 Å². The Morgan fingerprint density at radius 3 is 2.57 bits per heavy atom. The number of aliphatic hydroxyl groups is 1. The lowest BCUT2D eigenvalue weighted by Gasteiger charge is -2.07. The van der Waals surface area contributed by atoms with Crippen molar-refractivity contribution in [2.24, 2.45) is 7.05 Å². The molecule has 110 valence electrons. The molecule has 1 aromatic heterocycles. The molecule has 7 heteroatoms. The molecule has 1 heterocycles. The monoisotopic (exact) mass is 305 g/mol. The van der Waals surface area contributed by atoms with Crippen molar-refractivity contribution in [3.05, 3.63) is 47.7 Å². The van der Waals surface area contributed by atoms with Crippen LogP contribution in [0, 0.1) is 11.8 Å². The summed E-state index contributed by atoms with van der Waals surface area (Å²) in [5.41, 5.74) is 1.58. The summed E-state index contributed by atoms with van der Waals surface area (Å²) in [5.74, 6) is 5.32. The zero-order valence-electron chi connectivity index (χ0n) is 11.4. The minimum absolute atomic E-state index is 0.118.